The molecule has 0 saturated carbocycles. The summed E-state index contributed by atoms with van der Waals surface area (Å²) >= 11 is 0. The van der Waals surface area contributed by atoms with E-state index < -0.39 is 12.1 Å². The fourth-order valence-corrected chi connectivity index (χ4v) is 11.2. The molecule has 76 heavy (non-hydrogen) atoms. The standard InChI is InChI=1S/C70H137NO5/c1-3-5-7-9-11-13-15-17-18-19-30-34-37-40-44-48-52-56-60-64-70(75)76-65-61-57-53-49-45-41-38-35-32-29-27-25-23-21-20-22-24-26-28-31-33-36-39-43-47-51-55-59-63-69(74)71-67(66-72)68(73)62-58-54-50-46-42-16-14-12-10-8-6-4-2/h58,62,67-68,72-73H,3-57,59-61,63-66H2,1-2H3,(H,71,74)/b62-58+. The molecule has 1 amide bonds. The fourth-order valence-electron chi connectivity index (χ4n) is 11.2. The van der Waals surface area contributed by atoms with Crippen molar-refractivity contribution in [2.24, 2.45) is 0 Å². The minimum absolute atomic E-state index is 0.0241. The first-order chi connectivity index (χ1) is 37.5. The van der Waals surface area contributed by atoms with Crippen LogP contribution in [0.3, 0.4) is 0 Å². The molecule has 0 saturated heterocycles. The maximum Gasteiger partial charge on any atom is 0.305 e. The second-order valence-electron chi connectivity index (χ2n) is 24.2. The molecule has 6 nitrogen and oxygen atoms in total. The Morgan fingerprint density at radius 2 is 0.605 bits per heavy atom. The molecule has 6 heteroatoms. The summed E-state index contributed by atoms with van der Waals surface area (Å²) in [6.45, 7) is 4.94. The van der Waals surface area contributed by atoms with Gasteiger partial charge in [0.15, 0.2) is 0 Å². The van der Waals surface area contributed by atoms with Crippen LogP contribution in [0.2, 0.25) is 0 Å². The van der Waals surface area contributed by atoms with Crippen LogP contribution in [0.4, 0.5) is 0 Å². The van der Waals surface area contributed by atoms with Gasteiger partial charge in [-0.1, -0.05) is 366 Å². The molecule has 2 atom stereocenters. The molecule has 452 valence electrons. The highest BCUT2D eigenvalue weighted by Gasteiger charge is 2.18. The number of carbonyl (C=O) groups excluding carboxylic acids is 2. The Balaban J connectivity index is 3.31. The van der Waals surface area contributed by atoms with Gasteiger partial charge in [0.1, 0.15) is 0 Å². The Labute approximate surface area is 476 Å². The second-order valence-corrected chi connectivity index (χ2v) is 24.2. The predicted molar refractivity (Wildman–Crippen MR) is 333 cm³/mol. The number of esters is 1. The van der Waals surface area contributed by atoms with Crippen molar-refractivity contribution < 1.29 is 24.5 Å². The zero-order valence-electron chi connectivity index (χ0n) is 51.8. The third kappa shape index (κ3) is 61.8. The highest BCUT2D eigenvalue weighted by molar-refractivity contribution is 5.76. The number of aliphatic hydroxyl groups is 2. The molecule has 3 N–H and O–H groups in total. The number of aliphatic hydroxyl groups excluding tert-OH is 2. The SMILES string of the molecule is CCCCCCCCCCCC/C=C/C(O)C(CO)NC(=O)CCCCCCCCCCCCCCCCCCCCCCCCCCCCCCOC(=O)CCCCCCCCCCCCCCCCCCCCC. The van der Waals surface area contributed by atoms with Gasteiger partial charge in [0.25, 0.3) is 0 Å². The van der Waals surface area contributed by atoms with Crippen LogP contribution in [-0.2, 0) is 14.3 Å². The predicted octanol–water partition coefficient (Wildman–Crippen LogP) is 22.4. The number of amides is 1. The van der Waals surface area contributed by atoms with Gasteiger partial charge in [-0.3, -0.25) is 9.59 Å². The van der Waals surface area contributed by atoms with E-state index in [1.165, 1.54) is 334 Å². The number of ether oxygens (including phenoxy) is 1. The molecule has 0 aromatic carbocycles. The monoisotopic (exact) mass is 1070 g/mol. The van der Waals surface area contributed by atoms with Gasteiger partial charge in [0.05, 0.1) is 25.4 Å². The lowest BCUT2D eigenvalue weighted by Crippen LogP contribution is -2.45. The molecule has 0 fully saturated rings. The van der Waals surface area contributed by atoms with Crippen LogP contribution < -0.4 is 5.32 Å². The van der Waals surface area contributed by atoms with Crippen LogP contribution in [0.25, 0.3) is 0 Å². The van der Waals surface area contributed by atoms with E-state index in [0.29, 0.717) is 19.4 Å². The zero-order chi connectivity index (χ0) is 55.0. The smallest absolute Gasteiger partial charge is 0.305 e. The maximum atomic E-state index is 12.5. The molecule has 0 aromatic rings. The minimum atomic E-state index is -0.840. The lowest BCUT2D eigenvalue weighted by Gasteiger charge is -2.20. The van der Waals surface area contributed by atoms with Gasteiger partial charge in [-0.05, 0) is 32.1 Å². The molecule has 2 unspecified atom stereocenters. The lowest BCUT2D eigenvalue weighted by molar-refractivity contribution is -0.143. The molecule has 0 aliphatic carbocycles. The van der Waals surface area contributed by atoms with Crippen molar-refractivity contribution in [1.82, 2.24) is 5.32 Å². The Morgan fingerprint density at radius 3 is 0.895 bits per heavy atom. The van der Waals surface area contributed by atoms with Gasteiger partial charge in [0, 0.05) is 12.8 Å². The van der Waals surface area contributed by atoms with E-state index >= 15 is 0 Å². The summed E-state index contributed by atoms with van der Waals surface area (Å²) in [4.78, 5) is 24.6. The third-order valence-corrected chi connectivity index (χ3v) is 16.6. The number of unbranched alkanes of at least 4 members (excludes halogenated alkanes) is 55. The first-order valence-corrected chi connectivity index (χ1v) is 35.0. The van der Waals surface area contributed by atoms with Gasteiger partial charge in [-0.25, -0.2) is 0 Å². The van der Waals surface area contributed by atoms with Crippen LogP contribution in [0.5, 0.6) is 0 Å². The summed E-state index contributed by atoms with van der Waals surface area (Å²) in [7, 11) is 0. The van der Waals surface area contributed by atoms with E-state index in [1.54, 1.807) is 6.08 Å². The van der Waals surface area contributed by atoms with Crippen LogP contribution in [0.1, 0.15) is 399 Å². The molecular weight excluding hydrogens is 935 g/mol. The normalized spacial score (nSPS) is 12.5. The number of nitrogens with one attached hydrogen (secondary N) is 1. The molecule has 0 spiro atoms. The summed E-state index contributed by atoms with van der Waals surface area (Å²) in [5, 5.41) is 23.1. The van der Waals surface area contributed by atoms with Gasteiger partial charge in [-0.2, -0.15) is 0 Å². The first-order valence-electron chi connectivity index (χ1n) is 35.0. The summed E-state index contributed by atoms with van der Waals surface area (Å²) in [5.74, 6) is -0.0393. The van der Waals surface area contributed by atoms with Gasteiger partial charge in [-0.15, -0.1) is 0 Å². The van der Waals surface area contributed by atoms with E-state index in [2.05, 4.69) is 19.2 Å². The highest BCUT2D eigenvalue weighted by atomic mass is 16.5. The van der Waals surface area contributed by atoms with Crippen LogP contribution in [0.15, 0.2) is 12.2 Å². The van der Waals surface area contributed by atoms with E-state index in [9.17, 15) is 19.8 Å². The molecule has 0 rings (SSSR count). The summed E-state index contributed by atoms with van der Waals surface area (Å²) in [5.41, 5.74) is 0. The van der Waals surface area contributed by atoms with Gasteiger partial charge < -0.3 is 20.3 Å². The van der Waals surface area contributed by atoms with E-state index in [0.717, 1.165) is 38.5 Å². The van der Waals surface area contributed by atoms with E-state index in [1.807, 2.05) is 6.08 Å². The Kier molecular flexibility index (Phi) is 64.9. The average molecular weight is 1070 g/mol. The summed E-state index contributed by atoms with van der Waals surface area (Å²) in [6, 6.07) is -0.623. The third-order valence-electron chi connectivity index (χ3n) is 16.6. The largest absolute Gasteiger partial charge is 0.466 e. The zero-order valence-corrected chi connectivity index (χ0v) is 51.8. The molecular formula is C70H137NO5. The number of hydrogen-bond acceptors (Lipinski definition) is 5. The van der Waals surface area contributed by atoms with Crippen molar-refractivity contribution in [2.45, 2.75) is 411 Å². The number of allylic oxidation sites excluding steroid dienone is 1. The number of carbonyl (C=O) groups is 2. The number of hydrogen-bond donors (Lipinski definition) is 3. The topological polar surface area (TPSA) is 95.9 Å². The fraction of sp³-hybridized carbons (Fsp3) is 0.943. The van der Waals surface area contributed by atoms with E-state index in [4.69, 9.17) is 4.74 Å². The molecule has 0 aliphatic heterocycles. The first kappa shape index (κ1) is 74.6. The van der Waals surface area contributed by atoms with Crippen molar-refractivity contribution in [1.29, 1.82) is 0 Å². The lowest BCUT2D eigenvalue weighted by atomic mass is 10.0. The maximum absolute atomic E-state index is 12.5. The quantitative estimate of drug-likeness (QED) is 0.0320. The van der Waals surface area contributed by atoms with Crippen molar-refractivity contribution in [3.05, 3.63) is 12.2 Å². The van der Waals surface area contributed by atoms with Crippen molar-refractivity contribution in [3.63, 3.8) is 0 Å². The van der Waals surface area contributed by atoms with Crippen molar-refractivity contribution in [3.8, 4) is 0 Å². The highest BCUT2D eigenvalue weighted by Crippen LogP contribution is 2.19. The van der Waals surface area contributed by atoms with Crippen molar-refractivity contribution >= 4 is 11.9 Å². The Morgan fingerprint density at radius 1 is 0.355 bits per heavy atom. The molecule has 0 aromatic heterocycles. The average Bonchev–Trinajstić information content (AvgIpc) is 3.42. The molecule has 0 heterocycles. The summed E-state index contributed by atoms with van der Waals surface area (Å²) < 4.78 is 5.52. The second kappa shape index (κ2) is 66.1. The Hall–Kier alpha value is -1.40. The summed E-state index contributed by atoms with van der Waals surface area (Å²) in [6.07, 6.45) is 81.6. The molecule has 0 bridgehead atoms. The molecule has 0 aliphatic rings. The van der Waals surface area contributed by atoms with Crippen LogP contribution in [0, 0.1) is 0 Å². The van der Waals surface area contributed by atoms with Crippen molar-refractivity contribution in [2.75, 3.05) is 13.2 Å². The van der Waals surface area contributed by atoms with Crippen LogP contribution in [-0.4, -0.2) is 47.4 Å². The molecule has 0 radical (unpaired) electrons. The number of rotatable bonds is 66. The Bertz CT molecular complexity index is 1140. The van der Waals surface area contributed by atoms with E-state index in [-0.39, 0.29) is 18.5 Å². The minimum Gasteiger partial charge on any atom is -0.466 e. The van der Waals surface area contributed by atoms with Crippen LogP contribution >= 0.6 is 0 Å². The van der Waals surface area contributed by atoms with Gasteiger partial charge in [0.2, 0.25) is 5.91 Å². The van der Waals surface area contributed by atoms with Gasteiger partial charge >= 0.3 is 5.97 Å².